The lowest BCUT2D eigenvalue weighted by molar-refractivity contribution is -0.151. The van der Waals surface area contributed by atoms with E-state index in [1.807, 2.05) is 26.0 Å². The highest BCUT2D eigenvalue weighted by atomic mass is 16.5. The van der Waals surface area contributed by atoms with Crippen LogP contribution in [0.2, 0.25) is 0 Å². The summed E-state index contributed by atoms with van der Waals surface area (Å²) < 4.78 is 5.06. The Labute approximate surface area is 174 Å². The number of rotatable bonds is 6. The van der Waals surface area contributed by atoms with E-state index in [4.69, 9.17) is 4.74 Å². The Morgan fingerprint density at radius 1 is 1.07 bits per heavy atom. The fourth-order valence-electron chi connectivity index (χ4n) is 3.02. The van der Waals surface area contributed by atoms with E-state index in [0.717, 1.165) is 16.1 Å². The van der Waals surface area contributed by atoms with Crippen LogP contribution in [0.4, 0.5) is 5.69 Å². The summed E-state index contributed by atoms with van der Waals surface area (Å²) in [4.78, 5) is 48.6. The molecule has 1 aliphatic rings. The van der Waals surface area contributed by atoms with Crippen LogP contribution in [0, 0.1) is 19.8 Å². The number of aryl methyl sites for hydroxylation is 2. The molecule has 8 nitrogen and oxygen atoms in total. The van der Waals surface area contributed by atoms with Crippen LogP contribution in [0.25, 0.3) is 0 Å². The Morgan fingerprint density at radius 3 is 2.50 bits per heavy atom. The maximum absolute atomic E-state index is 12.3. The van der Waals surface area contributed by atoms with E-state index in [1.54, 1.807) is 36.4 Å². The van der Waals surface area contributed by atoms with E-state index in [-0.39, 0.29) is 18.9 Å². The number of amides is 3. The van der Waals surface area contributed by atoms with Crippen molar-refractivity contribution in [3.8, 4) is 0 Å². The van der Waals surface area contributed by atoms with Crippen molar-refractivity contribution in [2.45, 2.75) is 20.3 Å². The third-order valence-electron chi connectivity index (χ3n) is 4.87. The second kappa shape index (κ2) is 9.21. The number of nitrogens with zero attached hydrogens (tertiary/aromatic N) is 1. The topological polar surface area (TPSA) is 105 Å². The average molecular weight is 409 g/mol. The summed E-state index contributed by atoms with van der Waals surface area (Å²) in [5.74, 6) is -2.70. The normalized spacial score (nSPS) is 15.6. The molecule has 0 bridgehead atoms. The molecule has 1 aliphatic heterocycles. The highest BCUT2D eigenvalue weighted by Gasteiger charge is 2.36. The van der Waals surface area contributed by atoms with Gasteiger partial charge in [0.15, 0.2) is 6.61 Å². The van der Waals surface area contributed by atoms with Gasteiger partial charge >= 0.3 is 5.97 Å². The van der Waals surface area contributed by atoms with Gasteiger partial charge in [0.1, 0.15) is 0 Å². The van der Waals surface area contributed by atoms with E-state index < -0.39 is 30.3 Å². The van der Waals surface area contributed by atoms with Gasteiger partial charge in [-0.15, -0.1) is 0 Å². The first-order valence-electron chi connectivity index (χ1n) is 9.53. The third kappa shape index (κ3) is 5.22. The Morgan fingerprint density at radius 2 is 1.80 bits per heavy atom. The molecule has 0 aromatic heterocycles. The number of esters is 1. The van der Waals surface area contributed by atoms with Gasteiger partial charge in [-0.2, -0.15) is 0 Å². The maximum atomic E-state index is 12.3. The number of hydrogen-bond acceptors (Lipinski definition) is 5. The molecule has 2 aromatic rings. The zero-order valence-corrected chi connectivity index (χ0v) is 16.8. The van der Waals surface area contributed by atoms with Gasteiger partial charge in [-0.3, -0.25) is 29.6 Å². The minimum atomic E-state index is -0.747. The minimum absolute atomic E-state index is 0.00494. The molecule has 1 atom stereocenters. The number of ether oxygens (including phenoxy) is 1. The lowest BCUT2D eigenvalue weighted by Crippen LogP contribution is -2.43. The molecule has 1 saturated heterocycles. The second-order valence-electron chi connectivity index (χ2n) is 7.17. The predicted octanol–water partition coefficient (Wildman–Crippen LogP) is 1.98. The lowest BCUT2D eigenvalue weighted by atomic mass is 10.1. The van der Waals surface area contributed by atoms with Crippen LogP contribution in [0.5, 0.6) is 0 Å². The number of hydrazine groups is 1. The number of carbonyl (C=O) groups is 4. The summed E-state index contributed by atoms with van der Waals surface area (Å²) in [7, 11) is 0. The molecule has 3 rings (SSSR count). The molecule has 3 amide bonds. The molecule has 156 valence electrons. The van der Waals surface area contributed by atoms with Gasteiger partial charge in [-0.25, -0.2) is 0 Å². The fourth-order valence-corrected chi connectivity index (χ4v) is 3.02. The monoisotopic (exact) mass is 409 g/mol. The molecular formula is C22H23N3O5. The van der Waals surface area contributed by atoms with E-state index in [9.17, 15) is 19.2 Å². The van der Waals surface area contributed by atoms with Gasteiger partial charge in [0.2, 0.25) is 5.91 Å². The minimum Gasteiger partial charge on any atom is -0.455 e. The van der Waals surface area contributed by atoms with Crippen LogP contribution < -0.4 is 10.7 Å². The first-order chi connectivity index (χ1) is 14.3. The van der Waals surface area contributed by atoms with Crippen molar-refractivity contribution >= 4 is 29.4 Å². The third-order valence-corrected chi connectivity index (χ3v) is 4.87. The molecule has 0 saturated carbocycles. The number of benzene rings is 2. The van der Waals surface area contributed by atoms with Crippen molar-refractivity contribution in [2.75, 3.05) is 18.5 Å². The van der Waals surface area contributed by atoms with E-state index in [0.29, 0.717) is 11.3 Å². The molecule has 2 aromatic carbocycles. The quantitative estimate of drug-likeness (QED) is 0.710. The summed E-state index contributed by atoms with van der Waals surface area (Å²) in [6.45, 7) is 3.45. The van der Waals surface area contributed by atoms with Gasteiger partial charge in [0, 0.05) is 17.7 Å². The Bertz CT molecular complexity index is 974. The van der Waals surface area contributed by atoms with Crippen LogP contribution in [-0.4, -0.2) is 41.9 Å². The number of hydrogen-bond donors (Lipinski definition) is 2. The first-order valence-corrected chi connectivity index (χ1v) is 9.53. The zero-order valence-electron chi connectivity index (χ0n) is 16.8. The van der Waals surface area contributed by atoms with Crippen molar-refractivity contribution in [1.29, 1.82) is 0 Å². The Hall–Kier alpha value is -3.68. The zero-order chi connectivity index (χ0) is 21.7. The fraction of sp³-hybridized carbons (Fsp3) is 0.273. The molecule has 8 heteroatoms. The maximum Gasteiger partial charge on any atom is 0.311 e. The van der Waals surface area contributed by atoms with Crippen molar-refractivity contribution in [2.24, 2.45) is 5.92 Å². The van der Waals surface area contributed by atoms with Crippen LogP contribution in [-0.2, 0) is 19.1 Å². The summed E-state index contributed by atoms with van der Waals surface area (Å²) in [5, 5.41) is 3.77. The van der Waals surface area contributed by atoms with E-state index >= 15 is 0 Å². The molecule has 30 heavy (non-hydrogen) atoms. The number of nitrogens with one attached hydrogen (secondary N) is 2. The summed E-state index contributed by atoms with van der Waals surface area (Å²) in [5.41, 5.74) is 5.65. The van der Waals surface area contributed by atoms with Crippen molar-refractivity contribution < 1.29 is 23.9 Å². The van der Waals surface area contributed by atoms with Gasteiger partial charge in [-0.05, 0) is 49.2 Å². The summed E-state index contributed by atoms with van der Waals surface area (Å²) in [6.07, 6.45) is -0.0906. The Balaban J connectivity index is 1.47. The van der Waals surface area contributed by atoms with Crippen LogP contribution >= 0.6 is 0 Å². The molecule has 0 aliphatic carbocycles. The van der Waals surface area contributed by atoms with Crippen LogP contribution in [0.15, 0.2) is 48.5 Å². The highest BCUT2D eigenvalue weighted by Crippen LogP contribution is 2.18. The summed E-state index contributed by atoms with van der Waals surface area (Å²) >= 11 is 0. The first kappa shape index (κ1) is 21.0. The van der Waals surface area contributed by atoms with E-state index in [1.165, 1.54) is 0 Å². The van der Waals surface area contributed by atoms with Gasteiger partial charge in [0.05, 0.1) is 12.5 Å². The Kier molecular flexibility index (Phi) is 6.46. The number of carbonyl (C=O) groups excluding carboxylic acids is 4. The van der Waals surface area contributed by atoms with Crippen LogP contribution in [0.1, 0.15) is 27.9 Å². The molecule has 2 N–H and O–H groups in total. The molecule has 0 spiro atoms. The summed E-state index contributed by atoms with van der Waals surface area (Å²) in [6, 6.07) is 13.9. The van der Waals surface area contributed by atoms with Gasteiger partial charge < -0.3 is 10.1 Å². The van der Waals surface area contributed by atoms with Gasteiger partial charge in [-0.1, -0.05) is 24.3 Å². The smallest absolute Gasteiger partial charge is 0.311 e. The van der Waals surface area contributed by atoms with Gasteiger partial charge in [0.25, 0.3) is 11.8 Å². The molecule has 1 heterocycles. The predicted molar refractivity (Wildman–Crippen MR) is 109 cm³/mol. The number of anilines is 1. The standard InChI is InChI=1S/C22H23N3O5/c1-14-8-9-18(10-15(14)2)23-19(26)13-30-22(29)17-11-20(27)25(12-17)24-21(28)16-6-4-3-5-7-16/h3-10,17H,11-13H2,1-2H3,(H,23,26)(H,24,28)/t17-/m1/s1. The second-order valence-corrected chi connectivity index (χ2v) is 7.17. The van der Waals surface area contributed by atoms with E-state index in [2.05, 4.69) is 10.7 Å². The lowest BCUT2D eigenvalue weighted by Gasteiger charge is -2.17. The van der Waals surface area contributed by atoms with Crippen LogP contribution in [0.3, 0.4) is 0 Å². The largest absolute Gasteiger partial charge is 0.455 e. The van der Waals surface area contributed by atoms with Crippen molar-refractivity contribution in [3.05, 3.63) is 65.2 Å². The van der Waals surface area contributed by atoms with Crippen molar-refractivity contribution in [3.63, 3.8) is 0 Å². The molecule has 0 radical (unpaired) electrons. The SMILES string of the molecule is Cc1ccc(NC(=O)COC(=O)[C@@H]2CC(=O)N(NC(=O)c3ccccc3)C2)cc1C. The molecule has 0 unspecified atom stereocenters. The highest BCUT2D eigenvalue weighted by molar-refractivity contribution is 5.97. The molecular weight excluding hydrogens is 386 g/mol. The van der Waals surface area contributed by atoms with Crippen molar-refractivity contribution in [1.82, 2.24) is 10.4 Å². The molecule has 1 fully saturated rings. The average Bonchev–Trinajstić information content (AvgIpc) is 3.10.